The number of likely N-dealkylation sites (tertiary alicyclic amines) is 1. The topological polar surface area (TPSA) is 70.0 Å². The molecule has 1 rings (SSSR count). The third-order valence-electron chi connectivity index (χ3n) is 3.17. The third kappa shape index (κ3) is 4.14. The molecule has 0 saturated carbocycles. The summed E-state index contributed by atoms with van der Waals surface area (Å²) in [6, 6.07) is -0.565. The molecule has 1 fully saturated rings. The second-order valence-corrected chi connectivity index (χ2v) is 6.12. The molecule has 1 unspecified atom stereocenters. The highest BCUT2D eigenvalue weighted by molar-refractivity contribution is 5.68. The normalized spacial score (nSPS) is 29.9. The van der Waals surface area contributed by atoms with Crippen LogP contribution in [-0.4, -0.2) is 52.1 Å². The van der Waals surface area contributed by atoms with Crippen molar-refractivity contribution in [2.24, 2.45) is 5.92 Å². The molecule has 1 aliphatic heterocycles. The number of aliphatic hydroxyl groups excluding tert-OH is 2. The largest absolute Gasteiger partial charge is 0.444 e. The molecule has 2 N–H and O–H groups in total. The van der Waals surface area contributed by atoms with Crippen molar-refractivity contribution >= 4 is 6.09 Å². The Kier molecular flexibility index (Phi) is 4.99. The van der Waals surface area contributed by atoms with Crippen LogP contribution in [0.4, 0.5) is 4.79 Å². The van der Waals surface area contributed by atoms with Gasteiger partial charge in [-0.2, -0.15) is 0 Å². The molecule has 0 spiro atoms. The lowest BCUT2D eigenvalue weighted by Gasteiger charge is -2.33. The Labute approximate surface area is 109 Å². The van der Waals surface area contributed by atoms with E-state index in [0.717, 1.165) is 6.42 Å². The van der Waals surface area contributed by atoms with E-state index in [1.165, 1.54) is 4.90 Å². The first-order valence-corrected chi connectivity index (χ1v) is 6.53. The number of amides is 1. The molecule has 0 aromatic rings. The first-order valence-electron chi connectivity index (χ1n) is 6.53. The van der Waals surface area contributed by atoms with Gasteiger partial charge in [-0.05, 0) is 39.5 Å². The minimum absolute atomic E-state index is 0.243. The summed E-state index contributed by atoms with van der Waals surface area (Å²) >= 11 is 0. The lowest BCUT2D eigenvalue weighted by atomic mass is 9.99. The van der Waals surface area contributed by atoms with Crippen molar-refractivity contribution in [3.63, 3.8) is 0 Å². The smallest absolute Gasteiger partial charge is 0.410 e. The Morgan fingerprint density at radius 2 is 2.06 bits per heavy atom. The van der Waals surface area contributed by atoms with Crippen molar-refractivity contribution in [3.8, 4) is 0 Å². The molecule has 106 valence electrons. The average molecular weight is 259 g/mol. The molecule has 0 aromatic heterocycles. The molecular weight excluding hydrogens is 234 g/mol. The number of aliphatic hydroxyl groups is 2. The van der Waals surface area contributed by atoms with E-state index in [2.05, 4.69) is 0 Å². The maximum atomic E-state index is 12.1. The van der Waals surface area contributed by atoms with Crippen LogP contribution >= 0.6 is 0 Å². The Morgan fingerprint density at radius 1 is 1.44 bits per heavy atom. The van der Waals surface area contributed by atoms with Crippen LogP contribution < -0.4 is 0 Å². The monoisotopic (exact) mass is 259 g/mol. The van der Waals surface area contributed by atoms with E-state index in [-0.39, 0.29) is 6.61 Å². The van der Waals surface area contributed by atoms with E-state index in [1.807, 2.05) is 6.92 Å². The van der Waals surface area contributed by atoms with Gasteiger partial charge in [-0.25, -0.2) is 4.79 Å². The number of ether oxygens (including phenoxy) is 1. The van der Waals surface area contributed by atoms with Crippen LogP contribution in [0, 0.1) is 5.92 Å². The number of nitrogens with zero attached hydrogens (tertiary/aromatic N) is 1. The highest BCUT2D eigenvalue weighted by Gasteiger charge is 2.35. The van der Waals surface area contributed by atoms with Gasteiger partial charge < -0.3 is 19.8 Å². The van der Waals surface area contributed by atoms with Gasteiger partial charge in [-0.1, -0.05) is 6.92 Å². The zero-order chi connectivity index (χ0) is 13.9. The minimum atomic E-state index is -0.694. The summed E-state index contributed by atoms with van der Waals surface area (Å²) in [6.07, 6.45) is 0.256. The predicted molar refractivity (Wildman–Crippen MR) is 68.2 cm³/mol. The van der Waals surface area contributed by atoms with E-state index in [0.29, 0.717) is 18.9 Å². The van der Waals surface area contributed by atoms with Crippen molar-refractivity contribution in [3.05, 3.63) is 0 Å². The average Bonchev–Trinajstić information content (AvgIpc) is 2.33. The molecule has 1 heterocycles. The van der Waals surface area contributed by atoms with Gasteiger partial charge in [0.2, 0.25) is 0 Å². The second kappa shape index (κ2) is 5.89. The molecule has 0 bridgehead atoms. The van der Waals surface area contributed by atoms with Crippen LogP contribution in [0.2, 0.25) is 0 Å². The Balaban J connectivity index is 2.79. The van der Waals surface area contributed by atoms with E-state index >= 15 is 0 Å². The van der Waals surface area contributed by atoms with E-state index in [9.17, 15) is 15.0 Å². The fraction of sp³-hybridized carbons (Fsp3) is 0.923. The summed E-state index contributed by atoms with van der Waals surface area (Å²) < 4.78 is 5.31. The number of hydrogen-bond acceptors (Lipinski definition) is 4. The zero-order valence-electron chi connectivity index (χ0n) is 11.7. The van der Waals surface area contributed by atoms with Gasteiger partial charge in [0.15, 0.2) is 0 Å². The molecule has 5 heteroatoms. The molecule has 5 nitrogen and oxygen atoms in total. The molecule has 1 aliphatic rings. The Bertz CT molecular complexity index is 287. The van der Waals surface area contributed by atoms with Gasteiger partial charge in [0, 0.05) is 6.54 Å². The van der Waals surface area contributed by atoms with Gasteiger partial charge in [-0.15, -0.1) is 0 Å². The quantitative estimate of drug-likeness (QED) is 0.746. The summed E-state index contributed by atoms with van der Waals surface area (Å²) in [5, 5.41) is 19.4. The summed E-state index contributed by atoms with van der Waals surface area (Å²) in [5.74, 6) is 0.335. The van der Waals surface area contributed by atoms with Crippen LogP contribution in [0.3, 0.4) is 0 Å². The fourth-order valence-electron chi connectivity index (χ4n) is 2.19. The van der Waals surface area contributed by atoms with Crippen molar-refractivity contribution in [2.75, 3.05) is 13.2 Å². The van der Waals surface area contributed by atoms with Gasteiger partial charge in [0.25, 0.3) is 0 Å². The highest BCUT2D eigenvalue weighted by atomic mass is 16.6. The minimum Gasteiger partial charge on any atom is -0.444 e. The highest BCUT2D eigenvalue weighted by Crippen LogP contribution is 2.23. The summed E-state index contributed by atoms with van der Waals surface area (Å²) in [4.78, 5) is 13.5. The summed E-state index contributed by atoms with van der Waals surface area (Å²) in [6.45, 7) is 7.71. The van der Waals surface area contributed by atoms with Crippen molar-refractivity contribution in [2.45, 2.75) is 58.3 Å². The third-order valence-corrected chi connectivity index (χ3v) is 3.17. The van der Waals surface area contributed by atoms with Gasteiger partial charge in [-0.3, -0.25) is 0 Å². The maximum absolute atomic E-state index is 12.1. The molecule has 1 saturated heterocycles. The number of rotatable bonds is 1. The summed E-state index contributed by atoms with van der Waals surface area (Å²) in [5.41, 5.74) is -0.569. The first kappa shape index (κ1) is 15.2. The van der Waals surface area contributed by atoms with Gasteiger partial charge in [0.1, 0.15) is 5.60 Å². The lowest BCUT2D eigenvalue weighted by molar-refractivity contribution is -0.0150. The van der Waals surface area contributed by atoms with Crippen LogP contribution in [0.5, 0.6) is 0 Å². The number of hydrogen-bond donors (Lipinski definition) is 2. The standard InChI is InChI=1S/C13H25NO4/c1-9-5-6-14(10(8-15)11(16)7-9)12(17)18-13(2,3)4/h9-11,15-16H,5-8H2,1-4H3/t9?,10-,11+/m0/s1. The molecule has 3 atom stereocenters. The number of carbonyl (C=O) groups is 1. The second-order valence-electron chi connectivity index (χ2n) is 6.12. The van der Waals surface area contributed by atoms with Crippen LogP contribution in [0.25, 0.3) is 0 Å². The number of carbonyl (C=O) groups excluding carboxylic acids is 1. The first-order chi connectivity index (χ1) is 8.24. The van der Waals surface area contributed by atoms with E-state index < -0.39 is 23.8 Å². The maximum Gasteiger partial charge on any atom is 0.410 e. The van der Waals surface area contributed by atoms with Gasteiger partial charge >= 0.3 is 6.09 Å². The van der Waals surface area contributed by atoms with Crippen molar-refractivity contribution < 1.29 is 19.7 Å². The molecule has 0 radical (unpaired) electrons. The zero-order valence-corrected chi connectivity index (χ0v) is 11.7. The Morgan fingerprint density at radius 3 is 2.56 bits per heavy atom. The fourth-order valence-corrected chi connectivity index (χ4v) is 2.19. The Hall–Kier alpha value is -0.810. The van der Waals surface area contributed by atoms with Gasteiger partial charge in [0.05, 0.1) is 18.8 Å². The molecule has 0 aliphatic carbocycles. The lowest BCUT2D eigenvalue weighted by Crippen LogP contribution is -2.49. The van der Waals surface area contributed by atoms with Crippen LogP contribution in [-0.2, 0) is 4.74 Å². The van der Waals surface area contributed by atoms with Crippen molar-refractivity contribution in [1.29, 1.82) is 0 Å². The molecule has 18 heavy (non-hydrogen) atoms. The molecule has 1 amide bonds. The van der Waals surface area contributed by atoms with Crippen LogP contribution in [0.1, 0.15) is 40.5 Å². The van der Waals surface area contributed by atoms with E-state index in [4.69, 9.17) is 4.74 Å². The van der Waals surface area contributed by atoms with E-state index in [1.54, 1.807) is 20.8 Å². The van der Waals surface area contributed by atoms with Crippen LogP contribution in [0.15, 0.2) is 0 Å². The van der Waals surface area contributed by atoms with Crippen molar-refractivity contribution in [1.82, 2.24) is 4.90 Å². The summed E-state index contributed by atoms with van der Waals surface area (Å²) in [7, 11) is 0. The molecule has 0 aromatic carbocycles. The SMILES string of the molecule is CC1CCN(C(=O)OC(C)(C)C)[C@@H](CO)[C@H](O)C1. The predicted octanol–water partition coefficient (Wildman–Crippen LogP) is 1.38. The molecular formula is C13H25NO4.